The summed E-state index contributed by atoms with van der Waals surface area (Å²) in [6.07, 6.45) is -1.65. The first kappa shape index (κ1) is 33.2. The zero-order chi connectivity index (χ0) is 31.9. The van der Waals surface area contributed by atoms with E-state index in [9.17, 15) is 0 Å². The first-order valence-electron chi connectivity index (χ1n) is 16.2. The molecule has 0 saturated carbocycles. The van der Waals surface area contributed by atoms with Gasteiger partial charge in [0.15, 0.2) is 0 Å². The number of hydrogen-bond acceptors (Lipinski definition) is 6. The summed E-state index contributed by atoms with van der Waals surface area (Å²) < 4.78 is 33.6. The van der Waals surface area contributed by atoms with Crippen molar-refractivity contribution in [2.45, 2.75) is 62.0 Å². The number of hydrogen-bond donors (Lipinski definition) is 0. The fourth-order valence-electron chi connectivity index (χ4n) is 5.63. The topological polar surface area (TPSA) is 46.2 Å². The minimum Gasteiger partial charge on any atom is -0.374 e. The molecule has 0 spiro atoms. The maximum absolute atomic E-state index is 6.94. The maximum atomic E-state index is 6.94. The third-order valence-corrected chi connectivity index (χ3v) is 9.31. The highest BCUT2D eigenvalue weighted by atomic mass is 32.2. The summed E-state index contributed by atoms with van der Waals surface area (Å²) in [7, 11) is 0. The SMILES string of the molecule is c1ccc(COC[C@H]2OC(SCc3ccccc3)[C@@H](OCc3ccccc3)[C@@H](OCc3ccccc3)[C@@H]2OCc2ccccc2)cc1. The van der Waals surface area contributed by atoms with Crippen LogP contribution in [0, 0.1) is 0 Å². The fraction of sp³-hybridized carbons (Fsp3) is 0.268. The number of rotatable bonds is 16. The van der Waals surface area contributed by atoms with Crippen LogP contribution in [0.15, 0.2) is 152 Å². The van der Waals surface area contributed by atoms with Crippen molar-refractivity contribution in [2.24, 2.45) is 0 Å². The van der Waals surface area contributed by atoms with Crippen LogP contribution in [0.1, 0.15) is 27.8 Å². The minimum absolute atomic E-state index is 0.318. The van der Waals surface area contributed by atoms with Crippen LogP contribution >= 0.6 is 11.8 Å². The summed E-state index contributed by atoms with van der Waals surface area (Å²) in [4.78, 5) is 0. The molecule has 0 aliphatic carbocycles. The molecular formula is C41H42O5S. The van der Waals surface area contributed by atoms with Gasteiger partial charge in [-0.2, -0.15) is 0 Å². The molecule has 6 heteroatoms. The summed E-state index contributed by atoms with van der Waals surface area (Å²) >= 11 is 1.73. The van der Waals surface area contributed by atoms with Crippen LogP contribution in [0.5, 0.6) is 0 Å². The van der Waals surface area contributed by atoms with Gasteiger partial charge >= 0.3 is 0 Å². The van der Waals surface area contributed by atoms with Gasteiger partial charge in [0, 0.05) is 5.75 Å². The van der Waals surface area contributed by atoms with E-state index in [2.05, 4.69) is 72.8 Å². The Morgan fingerprint density at radius 1 is 0.426 bits per heavy atom. The van der Waals surface area contributed by atoms with Crippen molar-refractivity contribution >= 4 is 11.8 Å². The molecule has 5 aromatic carbocycles. The number of ether oxygens (including phenoxy) is 5. The molecule has 1 saturated heterocycles. The zero-order valence-electron chi connectivity index (χ0n) is 26.5. The number of thioether (sulfide) groups is 1. The molecular weight excluding hydrogens is 605 g/mol. The van der Waals surface area contributed by atoms with E-state index < -0.39 is 18.3 Å². The Bertz CT molecular complexity index is 1560. The second-order valence-corrected chi connectivity index (χ2v) is 12.7. The van der Waals surface area contributed by atoms with Gasteiger partial charge in [0.1, 0.15) is 29.9 Å². The van der Waals surface area contributed by atoms with Gasteiger partial charge in [0.2, 0.25) is 0 Å². The third kappa shape index (κ3) is 10.1. The monoisotopic (exact) mass is 646 g/mol. The molecule has 47 heavy (non-hydrogen) atoms. The highest BCUT2D eigenvalue weighted by Crippen LogP contribution is 2.36. The van der Waals surface area contributed by atoms with E-state index in [4.69, 9.17) is 23.7 Å². The van der Waals surface area contributed by atoms with Crippen molar-refractivity contribution < 1.29 is 23.7 Å². The van der Waals surface area contributed by atoms with Crippen LogP contribution in [-0.2, 0) is 55.9 Å². The summed E-state index contributed by atoms with van der Waals surface area (Å²) in [5, 5.41) is 0. The molecule has 0 bridgehead atoms. The van der Waals surface area contributed by atoms with Crippen molar-refractivity contribution in [1.29, 1.82) is 0 Å². The van der Waals surface area contributed by atoms with Crippen molar-refractivity contribution in [1.82, 2.24) is 0 Å². The lowest BCUT2D eigenvalue weighted by Gasteiger charge is -2.46. The van der Waals surface area contributed by atoms with Crippen molar-refractivity contribution in [3.05, 3.63) is 179 Å². The maximum Gasteiger partial charge on any atom is 0.133 e. The molecule has 1 unspecified atom stereocenters. The van der Waals surface area contributed by atoms with Gasteiger partial charge in [-0.05, 0) is 27.8 Å². The Morgan fingerprint density at radius 3 is 1.28 bits per heavy atom. The van der Waals surface area contributed by atoms with E-state index >= 15 is 0 Å². The van der Waals surface area contributed by atoms with Crippen LogP contribution in [0.4, 0.5) is 0 Å². The van der Waals surface area contributed by atoms with E-state index in [1.807, 2.05) is 78.9 Å². The average Bonchev–Trinajstić information content (AvgIpc) is 3.14. The second-order valence-electron chi connectivity index (χ2n) is 11.6. The van der Waals surface area contributed by atoms with E-state index in [1.165, 1.54) is 5.56 Å². The summed E-state index contributed by atoms with van der Waals surface area (Å²) in [6.45, 7) is 2.12. The third-order valence-electron chi connectivity index (χ3n) is 8.10. The first-order chi connectivity index (χ1) is 23.3. The minimum atomic E-state index is -0.441. The summed E-state index contributed by atoms with van der Waals surface area (Å²) in [5.41, 5.74) is 5.29. The largest absolute Gasteiger partial charge is 0.374 e. The molecule has 5 nitrogen and oxygen atoms in total. The normalized spacial score (nSPS) is 21.0. The predicted molar refractivity (Wildman–Crippen MR) is 188 cm³/mol. The van der Waals surface area contributed by atoms with Crippen molar-refractivity contribution in [2.75, 3.05) is 6.61 Å². The molecule has 0 radical (unpaired) electrons. The highest BCUT2D eigenvalue weighted by molar-refractivity contribution is 7.99. The molecule has 1 aliphatic rings. The average molecular weight is 647 g/mol. The number of benzene rings is 5. The summed E-state index contributed by atoms with van der Waals surface area (Å²) in [5.74, 6) is 0.773. The van der Waals surface area contributed by atoms with Gasteiger partial charge in [-0.25, -0.2) is 0 Å². The Kier molecular flexibility index (Phi) is 12.7. The lowest BCUT2D eigenvalue weighted by Crippen LogP contribution is -2.60. The van der Waals surface area contributed by atoms with Crippen molar-refractivity contribution in [3.8, 4) is 0 Å². The Balaban J connectivity index is 1.29. The van der Waals surface area contributed by atoms with Crippen LogP contribution in [0.25, 0.3) is 0 Å². The molecule has 5 atom stereocenters. The quantitative estimate of drug-likeness (QED) is 0.107. The van der Waals surface area contributed by atoms with Crippen LogP contribution in [-0.4, -0.2) is 36.5 Å². The lowest BCUT2D eigenvalue weighted by molar-refractivity contribution is -0.254. The van der Waals surface area contributed by atoms with Crippen LogP contribution < -0.4 is 0 Å². The van der Waals surface area contributed by atoms with Gasteiger partial charge in [-0.15, -0.1) is 11.8 Å². The van der Waals surface area contributed by atoms with Crippen LogP contribution in [0.2, 0.25) is 0 Å². The van der Waals surface area contributed by atoms with E-state index in [-0.39, 0.29) is 11.5 Å². The molecule has 1 fully saturated rings. The molecule has 242 valence electrons. The van der Waals surface area contributed by atoms with E-state index in [1.54, 1.807) is 11.8 Å². The van der Waals surface area contributed by atoms with Crippen molar-refractivity contribution in [3.63, 3.8) is 0 Å². The van der Waals surface area contributed by atoms with E-state index in [0.717, 1.165) is 28.0 Å². The van der Waals surface area contributed by atoms with E-state index in [0.29, 0.717) is 33.0 Å². The zero-order valence-corrected chi connectivity index (χ0v) is 27.3. The molecule has 6 rings (SSSR count). The Morgan fingerprint density at radius 2 is 0.809 bits per heavy atom. The predicted octanol–water partition coefficient (Wildman–Crippen LogP) is 8.62. The fourth-order valence-corrected chi connectivity index (χ4v) is 6.83. The highest BCUT2D eigenvalue weighted by Gasteiger charge is 2.48. The lowest BCUT2D eigenvalue weighted by atomic mass is 9.98. The molecule has 0 aromatic heterocycles. The van der Waals surface area contributed by atoms with Gasteiger partial charge in [0.05, 0.1) is 33.0 Å². The Hall–Kier alpha value is -3.75. The second kappa shape index (κ2) is 18.0. The van der Waals surface area contributed by atoms with Gasteiger partial charge in [-0.1, -0.05) is 152 Å². The molecule has 5 aromatic rings. The summed E-state index contributed by atoms with van der Waals surface area (Å²) in [6, 6.07) is 51.4. The first-order valence-corrected chi connectivity index (χ1v) is 17.3. The van der Waals surface area contributed by atoms with Gasteiger partial charge in [0.25, 0.3) is 0 Å². The standard InChI is InChI=1S/C41H42O5S/c1-6-16-32(17-7-1)26-42-30-37-38(43-27-33-18-8-2-9-19-33)39(44-28-34-20-10-3-11-21-34)40(45-29-35-22-12-4-13-23-35)41(46-37)47-31-36-24-14-5-15-25-36/h1-25,37-41H,26-31H2/t37-,38-,39+,40+,41?/m1/s1. The smallest absolute Gasteiger partial charge is 0.133 e. The van der Waals surface area contributed by atoms with Gasteiger partial charge in [-0.3, -0.25) is 0 Å². The van der Waals surface area contributed by atoms with Crippen LogP contribution in [0.3, 0.4) is 0 Å². The molecule has 0 amide bonds. The molecule has 0 N–H and O–H groups in total. The molecule has 1 aliphatic heterocycles. The van der Waals surface area contributed by atoms with Gasteiger partial charge < -0.3 is 23.7 Å². The molecule has 1 heterocycles. The Labute approximate surface area is 282 Å².